The van der Waals surface area contributed by atoms with Gasteiger partial charge < -0.3 is 20.9 Å². The summed E-state index contributed by atoms with van der Waals surface area (Å²) in [6.07, 6.45) is 0. The van der Waals surface area contributed by atoms with Gasteiger partial charge in [0.25, 0.3) is 0 Å². The minimum atomic E-state index is -1.04. The molecule has 0 heterocycles. The molecule has 2 aromatic carbocycles. The van der Waals surface area contributed by atoms with E-state index in [9.17, 15) is 4.79 Å². The number of anilines is 3. The van der Waals surface area contributed by atoms with E-state index in [0.717, 1.165) is 0 Å². The quantitative estimate of drug-likeness (QED) is 0.734. The van der Waals surface area contributed by atoms with Gasteiger partial charge in [-0.05, 0) is 30.3 Å². The molecule has 0 aromatic heterocycles. The van der Waals surface area contributed by atoms with Gasteiger partial charge in [0, 0.05) is 5.69 Å². The third-order valence-electron chi connectivity index (χ3n) is 2.65. The Balaban J connectivity index is 2.41. The Morgan fingerprint density at radius 1 is 1.21 bits per heavy atom. The summed E-state index contributed by atoms with van der Waals surface area (Å²) in [6, 6.07) is 12.0. The van der Waals surface area contributed by atoms with Crippen molar-refractivity contribution in [3.8, 4) is 5.75 Å². The summed E-state index contributed by atoms with van der Waals surface area (Å²) in [6.45, 7) is 0. The van der Waals surface area contributed by atoms with Crippen molar-refractivity contribution in [1.29, 1.82) is 0 Å². The molecular formula is C14H14N2O3. The van der Waals surface area contributed by atoms with Crippen molar-refractivity contribution >= 4 is 23.0 Å². The molecule has 0 amide bonds. The largest absolute Gasteiger partial charge is 0.495 e. The fraction of sp³-hybridized carbons (Fsp3) is 0.0714. The molecule has 0 unspecified atom stereocenters. The van der Waals surface area contributed by atoms with Gasteiger partial charge in [0.15, 0.2) is 0 Å². The number of methoxy groups -OCH3 is 1. The lowest BCUT2D eigenvalue weighted by atomic mass is 10.1. The average molecular weight is 258 g/mol. The van der Waals surface area contributed by atoms with Gasteiger partial charge in [0.05, 0.1) is 24.0 Å². The summed E-state index contributed by atoms with van der Waals surface area (Å²) < 4.78 is 5.21. The van der Waals surface area contributed by atoms with E-state index in [4.69, 9.17) is 15.6 Å². The van der Waals surface area contributed by atoms with Crippen LogP contribution in [0.4, 0.5) is 17.1 Å². The summed E-state index contributed by atoms with van der Waals surface area (Å²) in [4.78, 5) is 11.2. The van der Waals surface area contributed by atoms with Crippen LogP contribution in [-0.4, -0.2) is 18.2 Å². The third-order valence-corrected chi connectivity index (χ3v) is 2.65. The Bertz CT molecular complexity index is 611. The standard InChI is InChI=1S/C14H14N2O3/c1-19-13-5-3-2-4-12(13)16-11-7-6-9(15)8-10(11)14(17)18/h2-8,16H,15H2,1H3,(H,17,18). The van der Waals surface area contributed by atoms with Crippen LogP contribution in [0.5, 0.6) is 5.75 Å². The molecule has 0 radical (unpaired) electrons. The zero-order chi connectivity index (χ0) is 13.8. The first-order valence-electron chi connectivity index (χ1n) is 5.64. The van der Waals surface area contributed by atoms with Gasteiger partial charge in [0.2, 0.25) is 0 Å². The monoisotopic (exact) mass is 258 g/mol. The lowest BCUT2D eigenvalue weighted by Crippen LogP contribution is -2.04. The van der Waals surface area contributed by atoms with Crippen LogP contribution in [0.25, 0.3) is 0 Å². The van der Waals surface area contributed by atoms with Gasteiger partial charge >= 0.3 is 5.97 Å². The Hall–Kier alpha value is -2.69. The van der Waals surface area contributed by atoms with Crippen LogP contribution < -0.4 is 15.8 Å². The Labute approximate surface area is 110 Å². The molecular weight excluding hydrogens is 244 g/mol. The molecule has 2 rings (SSSR count). The molecule has 0 bridgehead atoms. The number of nitrogens with two attached hydrogens (primary N) is 1. The van der Waals surface area contributed by atoms with Crippen LogP contribution in [0.1, 0.15) is 10.4 Å². The number of para-hydroxylation sites is 2. The second-order valence-corrected chi connectivity index (χ2v) is 3.94. The first-order valence-corrected chi connectivity index (χ1v) is 5.64. The van der Waals surface area contributed by atoms with E-state index >= 15 is 0 Å². The number of nitrogens with one attached hydrogen (secondary N) is 1. The van der Waals surface area contributed by atoms with Crippen LogP contribution >= 0.6 is 0 Å². The number of hydrogen-bond donors (Lipinski definition) is 3. The minimum absolute atomic E-state index is 0.117. The highest BCUT2D eigenvalue weighted by atomic mass is 16.5. The lowest BCUT2D eigenvalue weighted by molar-refractivity contribution is 0.0698. The number of carboxylic acid groups (broad SMARTS) is 1. The number of nitrogen functional groups attached to an aromatic ring is 1. The van der Waals surface area contributed by atoms with Gasteiger partial charge in [-0.2, -0.15) is 0 Å². The highest BCUT2D eigenvalue weighted by Crippen LogP contribution is 2.29. The number of rotatable bonds is 4. The van der Waals surface area contributed by atoms with Gasteiger partial charge in [-0.15, -0.1) is 0 Å². The number of benzene rings is 2. The molecule has 0 saturated carbocycles. The smallest absolute Gasteiger partial charge is 0.337 e. The van der Waals surface area contributed by atoms with E-state index in [2.05, 4.69) is 5.32 Å². The molecule has 0 aliphatic rings. The zero-order valence-corrected chi connectivity index (χ0v) is 10.4. The molecule has 4 N–H and O–H groups in total. The van der Waals surface area contributed by atoms with E-state index in [-0.39, 0.29) is 5.56 Å². The van der Waals surface area contributed by atoms with Gasteiger partial charge in [-0.3, -0.25) is 0 Å². The number of ether oxygens (including phenoxy) is 1. The zero-order valence-electron chi connectivity index (χ0n) is 10.4. The van der Waals surface area contributed by atoms with Crippen molar-refractivity contribution in [2.24, 2.45) is 0 Å². The predicted molar refractivity (Wildman–Crippen MR) is 74.1 cm³/mol. The summed E-state index contributed by atoms with van der Waals surface area (Å²) in [5.74, 6) is -0.402. The van der Waals surface area contributed by atoms with E-state index < -0.39 is 5.97 Å². The molecule has 0 spiro atoms. The van der Waals surface area contributed by atoms with E-state index in [0.29, 0.717) is 22.8 Å². The topological polar surface area (TPSA) is 84.6 Å². The van der Waals surface area contributed by atoms with Crippen LogP contribution in [0.2, 0.25) is 0 Å². The average Bonchev–Trinajstić information content (AvgIpc) is 2.41. The first-order chi connectivity index (χ1) is 9.11. The fourth-order valence-electron chi connectivity index (χ4n) is 1.74. The third kappa shape index (κ3) is 2.77. The van der Waals surface area contributed by atoms with Gasteiger partial charge in [0.1, 0.15) is 5.75 Å². The van der Waals surface area contributed by atoms with Gasteiger partial charge in [-0.1, -0.05) is 12.1 Å². The molecule has 0 saturated heterocycles. The Morgan fingerprint density at radius 2 is 1.95 bits per heavy atom. The Kier molecular flexibility index (Phi) is 3.56. The molecule has 2 aromatic rings. The van der Waals surface area contributed by atoms with E-state index in [1.54, 1.807) is 31.4 Å². The normalized spacial score (nSPS) is 9.95. The first kappa shape index (κ1) is 12.8. The van der Waals surface area contributed by atoms with Crippen molar-refractivity contribution < 1.29 is 14.6 Å². The van der Waals surface area contributed by atoms with Crippen molar-refractivity contribution in [2.45, 2.75) is 0 Å². The predicted octanol–water partition coefficient (Wildman–Crippen LogP) is 2.72. The molecule has 0 aliphatic carbocycles. The van der Waals surface area contributed by atoms with Crippen molar-refractivity contribution in [1.82, 2.24) is 0 Å². The summed E-state index contributed by atoms with van der Waals surface area (Å²) >= 11 is 0. The highest BCUT2D eigenvalue weighted by Gasteiger charge is 2.12. The maximum absolute atomic E-state index is 11.2. The molecule has 19 heavy (non-hydrogen) atoms. The highest BCUT2D eigenvalue weighted by molar-refractivity contribution is 5.96. The summed E-state index contributed by atoms with van der Waals surface area (Å²) in [5.41, 5.74) is 7.28. The number of carbonyl (C=O) groups is 1. The van der Waals surface area contributed by atoms with Crippen molar-refractivity contribution in [2.75, 3.05) is 18.2 Å². The minimum Gasteiger partial charge on any atom is -0.495 e. The summed E-state index contributed by atoms with van der Waals surface area (Å²) in [7, 11) is 1.56. The molecule has 0 fully saturated rings. The molecule has 98 valence electrons. The molecule has 5 nitrogen and oxygen atoms in total. The van der Waals surface area contributed by atoms with Crippen molar-refractivity contribution in [3.63, 3.8) is 0 Å². The van der Waals surface area contributed by atoms with Crippen LogP contribution in [0.3, 0.4) is 0 Å². The molecule has 5 heteroatoms. The summed E-state index contributed by atoms with van der Waals surface area (Å²) in [5, 5.41) is 12.2. The SMILES string of the molecule is COc1ccccc1Nc1ccc(N)cc1C(=O)O. The van der Waals surface area contributed by atoms with Gasteiger partial charge in [-0.25, -0.2) is 4.79 Å². The van der Waals surface area contributed by atoms with Crippen molar-refractivity contribution in [3.05, 3.63) is 48.0 Å². The second-order valence-electron chi connectivity index (χ2n) is 3.94. The maximum atomic E-state index is 11.2. The molecule has 0 atom stereocenters. The number of aromatic carboxylic acids is 1. The Morgan fingerprint density at radius 3 is 2.63 bits per heavy atom. The number of carboxylic acids is 1. The van der Waals surface area contributed by atoms with E-state index in [1.807, 2.05) is 12.1 Å². The van der Waals surface area contributed by atoms with Crippen LogP contribution in [-0.2, 0) is 0 Å². The molecule has 0 aliphatic heterocycles. The second kappa shape index (κ2) is 5.30. The van der Waals surface area contributed by atoms with Crippen LogP contribution in [0, 0.1) is 0 Å². The lowest BCUT2D eigenvalue weighted by Gasteiger charge is -2.13. The van der Waals surface area contributed by atoms with Crippen LogP contribution in [0.15, 0.2) is 42.5 Å². The fourth-order valence-corrected chi connectivity index (χ4v) is 1.74. The maximum Gasteiger partial charge on any atom is 0.337 e. The van der Waals surface area contributed by atoms with E-state index in [1.165, 1.54) is 6.07 Å². The number of hydrogen-bond acceptors (Lipinski definition) is 4.